The van der Waals surface area contributed by atoms with E-state index >= 15 is 0 Å². The first-order valence-corrected chi connectivity index (χ1v) is 26.8. The van der Waals surface area contributed by atoms with Gasteiger partial charge in [-0.15, -0.1) is 0 Å². The molecule has 3 aromatic heterocycles. The summed E-state index contributed by atoms with van der Waals surface area (Å²) in [6.07, 6.45) is -0.764. The number of guanidine groups is 1. The van der Waals surface area contributed by atoms with Crippen molar-refractivity contribution in [3.63, 3.8) is 0 Å². The van der Waals surface area contributed by atoms with Gasteiger partial charge in [0.2, 0.25) is 24.2 Å². The number of nitrogens with one attached hydrogen (secondary N) is 5. The number of aromatic nitrogens is 2. The summed E-state index contributed by atoms with van der Waals surface area (Å²) in [6.45, 7) is 1.16. The number of rotatable bonds is 23. The van der Waals surface area contributed by atoms with Gasteiger partial charge in [0.15, 0.2) is 28.7 Å². The van der Waals surface area contributed by atoms with Crippen LogP contribution in [0.1, 0.15) is 36.8 Å². The number of H-pyrrole nitrogens is 1. The highest BCUT2D eigenvalue weighted by molar-refractivity contribution is 5.98. The van der Waals surface area contributed by atoms with Gasteiger partial charge in [-0.2, -0.15) is 4.73 Å². The number of aliphatic imine (C=N–C) groups is 1. The van der Waals surface area contributed by atoms with Crippen molar-refractivity contribution in [1.29, 1.82) is 0 Å². The number of aliphatic hydroxyl groups is 6. The Labute approximate surface area is 468 Å². The molecule has 0 bridgehead atoms. The van der Waals surface area contributed by atoms with Crippen molar-refractivity contribution in [3.8, 4) is 33.9 Å². The van der Waals surface area contributed by atoms with Crippen LogP contribution in [0.3, 0.4) is 0 Å². The van der Waals surface area contributed by atoms with Crippen molar-refractivity contribution in [1.82, 2.24) is 31.0 Å². The third kappa shape index (κ3) is 11.7. The molecule has 2 saturated heterocycles. The van der Waals surface area contributed by atoms with E-state index in [1.807, 2.05) is 44.2 Å². The first-order chi connectivity index (χ1) is 39.4. The van der Waals surface area contributed by atoms with Crippen LogP contribution >= 0.6 is 0 Å². The second-order valence-electron chi connectivity index (χ2n) is 20.9. The van der Waals surface area contributed by atoms with E-state index in [9.17, 15) is 60.0 Å². The third-order valence-electron chi connectivity index (χ3n) is 15.2. The molecule has 82 heavy (non-hydrogen) atoms. The van der Waals surface area contributed by atoms with Crippen molar-refractivity contribution in [2.75, 3.05) is 46.0 Å². The normalized spacial score (nSPS) is 25.2. The second kappa shape index (κ2) is 24.8. The molecule has 3 aliphatic rings. The second-order valence-corrected chi connectivity index (χ2v) is 20.9. The maximum absolute atomic E-state index is 14.4. The van der Waals surface area contributed by atoms with E-state index in [2.05, 4.69) is 31.2 Å². The van der Waals surface area contributed by atoms with E-state index < -0.39 is 103 Å². The number of benzene rings is 3. The number of aldehydes is 1. The van der Waals surface area contributed by atoms with E-state index in [0.717, 1.165) is 30.6 Å². The molecule has 11 unspecified atom stereocenters. The van der Waals surface area contributed by atoms with E-state index in [0.29, 0.717) is 34.0 Å². The molecule has 2 fully saturated rings. The number of phenolic OH excluding ortho intramolecular Hbond substituents is 1. The van der Waals surface area contributed by atoms with E-state index in [1.165, 1.54) is 59.7 Å². The van der Waals surface area contributed by atoms with Crippen LogP contribution in [0.25, 0.3) is 44.3 Å². The molecule has 15 N–H and O–H groups in total. The first kappa shape index (κ1) is 58.9. The number of aliphatic carboxylic acids is 1. The largest absolute Gasteiger partial charge is 0.508 e. The number of carboxylic acids is 1. The van der Waals surface area contributed by atoms with Crippen molar-refractivity contribution >= 4 is 46.1 Å². The van der Waals surface area contributed by atoms with E-state index in [-0.39, 0.29) is 65.9 Å². The van der Waals surface area contributed by atoms with Gasteiger partial charge in [0, 0.05) is 67.3 Å². The minimum absolute atomic E-state index is 0.0271. The molecule has 0 radical (unpaired) electrons. The van der Waals surface area contributed by atoms with E-state index in [1.54, 1.807) is 12.3 Å². The number of aromatic amines is 1. The third-order valence-corrected chi connectivity index (χ3v) is 15.2. The van der Waals surface area contributed by atoms with Crippen LogP contribution in [0.5, 0.6) is 11.5 Å². The number of carbonyl (C=O) groups is 3. The lowest BCUT2D eigenvalue weighted by atomic mass is 9.66. The van der Waals surface area contributed by atoms with Crippen molar-refractivity contribution < 1.29 is 78.7 Å². The number of aromatic hydroxyl groups is 1. The molecule has 9 rings (SSSR count). The van der Waals surface area contributed by atoms with Gasteiger partial charge < -0.3 is 95.8 Å². The molecular weight excluding hydrogens is 1070 g/mol. The number of piperidine rings is 1. The SMILES string of the molecule is Cc1cc(C)cc(-c2c3[nH]ccc3cn2OC2C(Oc3ccc4c(=O)c(-c5ccc(O)cc5)coc4c3)OC(C(CO)(NC(N)=NCC3C=CC4CNCCC4N3)OC(=O)C(NCCC=O)C(=O)O)C(O)(CO)C2(O)C(O)CCCO)c1. The summed E-state index contributed by atoms with van der Waals surface area (Å²) < 4.78 is 26.4. The number of fused-ring (bicyclic) bond motifs is 3. The van der Waals surface area contributed by atoms with Gasteiger partial charge in [-0.05, 0) is 87.7 Å². The summed E-state index contributed by atoms with van der Waals surface area (Å²) in [7, 11) is 0. The Morgan fingerprint density at radius 3 is 2.51 bits per heavy atom. The van der Waals surface area contributed by atoms with Crippen LogP contribution in [0.4, 0.5) is 0 Å². The molecular formula is C57H68N8O17. The van der Waals surface area contributed by atoms with E-state index in [4.69, 9.17) is 29.2 Å². The van der Waals surface area contributed by atoms with Gasteiger partial charge in [0.25, 0.3) is 0 Å². The van der Waals surface area contributed by atoms with Crippen LogP contribution < -0.4 is 42.0 Å². The van der Waals surface area contributed by atoms with Gasteiger partial charge in [0.05, 0.1) is 41.9 Å². The zero-order valence-corrected chi connectivity index (χ0v) is 44.9. The number of esters is 1. The van der Waals surface area contributed by atoms with Crippen LogP contribution in [-0.4, -0.2) is 180 Å². The molecule has 6 aromatic rings. The Kier molecular flexibility index (Phi) is 17.8. The smallest absolute Gasteiger partial charge is 0.337 e. The van der Waals surface area contributed by atoms with Gasteiger partial charge in [-0.3, -0.25) is 15.1 Å². The molecule has 438 valence electrons. The monoisotopic (exact) mass is 1140 g/mol. The minimum Gasteiger partial charge on any atom is -0.508 e. The van der Waals surface area contributed by atoms with Crippen molar-refractivity contribution in [3.05, 3.63) is 119 Å². The van der Waals surface area contributed by atoms with Crippen molar-refractivity contribution in [2.24, 2.45) is 16.6 Å². The zero-order valence-electron chi connectivity index (χ0n) is 44.9. The molecule has 25 heteroatoms. The fourth-order valence-electron chi connectivity index (χ4n) is 11.2. The molecule has 0 aliphatic carbocycles. The fraction of sp³-hybridized carbons (Fsp3) is 0.421. The number of nitrogens with two attached hydrogens (primary N) is 1. The van der Waals surface area contributed by atoms with Crippen LogP contribution in [0, 0.1) is 19.8 Å². The number of carboxylic acid groups (broad SMARTS) is 1. The van der Waals surface area contributed by atoms with Crippen LogP contribution in [0.15, 0.2) is 112 Å². The number of hydrogen-bond donors (Lipinski definition) is 14. The lowest BCUT2D eigenvalue weighted by Gasteiger charge is -2.59. The maximum Gasteiger partial charge on any atom is 0.337 e. The highest BCUT2D eigenvalue weighted by Gasteiger charge is 2.75. The number of hydrogen-bond acceptors (Lipinski definition) is 20. The average Bonchev–Trinajstić information content (AvgIpc) is 1.05. The topological polar surface area (TPSA) is 387 Å². The molecule has 11 atom stereocenters. The Morgan fingerprint density at radius 2 is 1.80 bits per heavy atom. The number of nitrogens with zero attached hydrogens (tertiary/aromatic N) is 2. The molecule has 3 aromatic carbocycles. The number of aryl methyl sites for hydroxylation is 2. The summed E-state index contributed by atoms with van der Waals surface area (Å²) >= 11 is 0. The van der Waals surface area contributed by atoms with Gasteiger partial charge >= 0.3 is 11.9 Å². The van der Waals surface area contributed by atoms with Gasteiger partial charge in [-0.1, -0.05) is 41.5 Å². The standard InChI is InChI=1S/C57H68N8O17/c1-31-21-32(2)23-36(22-31)47-45-35(14-18-61-45)27-65(47)82-49-52(79-39-12-13-40-43(24-39)78-28-41(48(40)72)33-7-10-38(70)11-8-33)80-53(55(76,29-68)57(49,77)44(71)5-3-19-66)56(30-69,81-51(75)46(50(73)74)60-16-4-20-67)64-54(58)62-26-37-9-6-34-25-59-17-15-42(34)63-37/h6-14,18,20-24,27-28,34,37,42,44,46,49,52-53,59-61,63,66,68-71,76-77H,3-5,15-17,19,25-26,29-30H2,1-2H3,(H,73,74)(H3,58,62,64). The van der Waals surface area contributed by atoms with Crippen LogP contribution in [-0.2, 0) is 23.9 Å². The number of phenols is 1. The Balaban J connectivity index is 1.22. The molecule has 0 saturated carbocycles. The summed E-state index contributed by atoms with van der Waals surface area (Å²) in [6, 6.07) is 14.6. The predicted octanol–water partition coefficient (Wildman–Crippen LogP) is 0.195. The lowest BCUT2D eigenvalue weighted by Crippen LogP contribution is -2.86. The quantitative estimate of drug-likeness (QED) is 0.00595. The van der Waals surface area contributed by atoms with Gasteiger partial charge in [0.1, 0.15) is 41.9 Å². The highest BCUT2D eigenvalue weighted by atomic mass is 16.8. The Hall–Kier alpha value is -7.69. The fourth-order valence-corrected chi connectivity index (χ4v) is 11.2. The number of carbonyl (C=O) groups excluding carboxylic acids is 2. The van der Waals surface area contributed by atoms with Gasteiger partial charge in [-0.25, -0.2) is 9.59 Å². The summed E-state index contributed by atoms with van der Waals surface area (Å²) in [5, 5.41) is 106. The summed E-state index contributed by atoms with van der Waals surface area (Å²) in [5.41, 5.74) is -0.0789. The maximum atomic E-state index is 14.4. The molecule has 3 aliphatic heterocycles. The highest BCUT2D eigenvalue weighted by Crippen LogP contribution is 2.47. The Morgan fingerprint density at radius 1 is 1.04 bits per heavy atom. The number of aliphatic hydroxyl groups excluding tert-OH is 4. The summed E-state index contributed by atoms with van der Waals surface area (Å²) in [5.74, 6) is -4.11. The van der Waals surface area contributed by atoms with Crippen LogP contribution in [0.2, 0.25) is 0 Å². The van der Waals surface area contributed by atoms with Crippen molar-refractivity contribution in [2.45, 2.75) is 99.2 Å². The predicted molar refractivity (Wildman–Crippen MR) is 296 cm³/mol. The Bertz CT molecular complexity index is 3360. The minimum atomic E-state index is -3.45. The molecule has 0 amide bonds. The summed E-state index contributed by atoms with van der Waals surface area (Å²) in [4.78, 5) is 67.0. The first-order valence-electron chi connectivity index (χ1n) is 26.8. The molecule has 6 heterocycles. The lowest BCUT2D eigenvalue weighted by molar-refractivity contribution is -0.400. The molecule has 0 spiro atoms. The molecule has 25 nitrogen and oxygen atoms in total. The zero-order chi connectivity index (χ0) is 58.5. The number of ether oxygens (including phenoxy) is 3. The average molecular weight is 1140 g/mol.